The first-order valence-corrected chi connectivity index (χ1v) is 10.7. The van der Waals surface area contributed by atoms with Gasteiger partial charge in [-0.3, -0.25) is 0 Å². The number of aryl methyl sites for hydroxylation is 1. The summed E-state index contributed by atoms with van der Waals surface area (Å²) in [6.45, 7) is 8.56. The zero-order valence-electron chi connectivity index (χ0n) is 19.5. The number of hydrogen-bond donors (Lipinski definition) is 2. The Hall–Kier alpha value is -3.36. The summed E-state index contributed by atoms with van der Waals surface area (Å²) in [7, 11) is 1.97. The molecule has 6 nitrogen and oxygen atoms in total. The van der Waals surface area contributed by atoms with Gasteiger partial charge in [-0.15, -0.1) is 0 Å². The third kappa shape index (κ3) is 5.91. The standard InChI is InChI=1S/C24H29F3N6/c1-14(2)21-31-20(10-11-33(5)23-15(3)12-18(28)13-29-23)16(4)22(32-21)30-19-8-6-17(7-9-19)24(25,26)27/h6-9,12-14H,10-11,28H2,1-5H3,(H,30,31,32). The van der Waals surface area contributed by atoms with Crippen LogP contribution in [0.5, 0.6) is 0 Å². The van der Waals surface area contributed by atoms with Crippen molar-refractivity contribution in [3.8, 4) is 0 Å². The van der Waals surface area contributed by atoms with Gasteiger partial charge in [-0.05, 0) is 49.7 Å². The minimum atomic E-state index is -4.37. The zero-order valence-corrected chi connectivity index (χ0v) is 19.5. The molecular formula is C24H29F3N6. The first-order chi connectivity index (χ1) is 15.5. The number of rotatable bonds is 7. The van der Waals surface area contributed by atoms with Crippen molar-refractivity contribution in [2.24, 2.45) is 0 Å². The predicted molar refractivity (Wildman–Crippen MR) is 126 cm³/mol. The minimum absolute atomic E-state index is 0.0937. The van der Waals surface area contributed by atoms with E-state index in [4.69, 9.17) is 10.7 Å². The lowest BCUT2D eigenvalue weighted by Gasteiger charge is -2.21. The third-order valence-electron chi connectivity index (χ3n) is 5.37. The van der Waals surface area contributed by atoms with Crippen molar-refractivity contribution in [1.29, 1.82) is 0 Å². The average molecular weight is 459 g/mol. The number of alkyl halides is 3. The van der Waals surface area contributed by atoms with Crippen molar-refractivity contribution in [2.75, 3.05) is 29.5 Å². The Morgan fingerprint density at radius 3 is 2.33 bits per heavy atom. The Balaban J connectivity index is 1.83. The van der Waals surface area contributed by atoms with Gasteiger partial charge in [-0.25, -0.2) is 15.0 Å². The van der Waals surface area contributed by atoms with E-state index in [9.17, 15) is 13.2 Å². The van der Waals surface area contributed by atoms with E-state index in [2.05, 4.69) is 15.3 Å². The molecule has 0 saturated carbocycles. The van der Waals surface area contributed by atoms with E-state index in [1.807, 2.05) is 45.7 Å². The molecule has 0 aliphatic rings. The number of hydrogen-bond acceptors (Lipinski definition) is 6. The molecular weight excluding hydrogens is 429 g/mol. The lowest BCUT2D eigenvalue weighted by Crippen LogP contribution is -2.23. The second kappa shape index (κ2) is 9.64. The van der Waals surface area contributed by atoms with Crippen LogP contribution in [0.25, 0.3) is 0 Å². The molecule has 9 heteroatoms. The molecule has 1 aromatic carbocycles. The molecule has 3 rings (SSSR count). The minimum Gasteiger partial charge on any atom is -0.397 e. The van der Waals surface area contributed by atoms with Crippen LogP contribution in [0.2, 0.25) is 0 Å². The molecule has 0 aliphatic carbocycles. The number of benzene rings is 1. The van der Waals surface area contributed by atoms with Crippen LogP contribution in [0.15, 0.2) is 36.5 Å². The molecule has 33 heavy (non-hydrogen) atoms. The SMILES string of the molecule is Cc1cc(N)cnc1N(C)CCc1nc(C(C)C)nc(Nc2ccc(C(F)(F)F)cc2)c1C. The Morgan fingerprint density at radius 1 is 1.09 bits per heavy atom. The van der Waals surface area contributed by atoms with Crippen LogP contribution >= 0.6 is 0 Å². The number of nitrogens with zero attached hydrogens (tertiary/aromatic N) is 4. The van der Waals surface area contributed by atoms with Crippen LogP contribution in [0.3, 0.4) is 0 Å². The summed E-state index contributed by atoms with van der Waals surface area (Å²) in [6.07, 6.45) is -2.08. The van der Waals surface area contributed by atoms with Crippen LogP contribution in [0.4, 0.5) is 36.2 Å². The van der Waals surface area contributed by atoms with Gasteiger partial charge < -0.3 is 16.0 Å². The molecule has 0 bridgehead atoms. The number of pyridine rings is 1. The molecule has 0 saturated heterocycles. The van der Waals surface area contributed by atoms with Gasteiger partial charge in [0.2, 0.25) is 0 Å². The summed E-state index contributed by atoms with van der Waals surface area (Å²) in [6, 6.07) is 6.81. The van der Waals surface area contributed by atoms with E-state index >= 15 is 0 Å². The second-order valence-electron chi connectivity index (χ2n) is 8.44. The molecule has 3 aromatic rings. The summed E-state index contributed by atoms with van der Waals surface area (Å²) >= 11 is 0. The monoisotopic (exact) mass is 458 g/mol. The van der Waals surface area contributed by atoms with E-state index in [0.29, 0.717) is 36.0 Å². The van der Waals surface area contributed by atoms with Crippen molar-refractivity contribution in [2.45, 2.75) is 46.2 Å². The van der Waals surface area contributed by atoms with Crippen LogP contribution in [-0.2, 0) is 12.6 Å². The van der Waals surface area contributed by atoms with Gasteiger partial charge in [0.1, 0.15) is 17.5 Å². The molecule has 2 aromatic heterocycles. The number of anilines is 4. The molecule has 0 unspecified atom stereocenters. The van der Waals surface area contributed by atoms with Crippen LogP contribution < -0.4 is 16.0 Å². The van der Waals surface area contributed by atoms with Crippen molar-refractivity contribution in [3.63, 3.8) is 0 Å². The van der Waals surface area contributed by atoms with E-state index < -0.39 is 11.7 Å². The highest BCUT2D eigenvalue weighted by atomic mass is 19.4. The summed E-state index contributed by atoms with van der Waals surface area (Å²) in [5.74, 6) is 2.21. The fourth-order valence-electron chi connectivity index (χ4n) is 3.45. The first kappa shape index (κ1) is 24.3. The third-order valence-corrected chi connectivity index (χ3v) is 5.37. The highest BCUT2D eigenvalue weighted by Gasteiger charge is 2.30. The molecule has 0 spiro atoms. The summed E-state index contributed by atoms with van der Waals surface area (Å²) in [4.78, 5) is 15.9. The first-order valence-electron chi connectivity index (χ1n) is 10.7. The maximum atomic E-state index is 12.9. The van der Waals surface area contributed by atoms with Gasteiger partial charge in [0.05, 0.1) is 23.1 Å². The van der Waals surface area contributed by atoms with Gasteiger partial charge >= 0.3 is 6.18 Å². The van der Waals surface area contributed by atoms with Crippen molar-refractivity contribution < 1.29 is 13.2 Å². The number of nitrogens with two attached hydrogens (primary N) is 1. The summed E-state index contributed by atoms with van der Waals surface area (Å²) in [5.41, 5.74) is 9.00. The molecule has 3 N–H and O–H groups in total. The largest absolute Gasteiger partial charge is 0.416 e. The number of nitrogens with one attached hydrogen (secondary N) is 1. The quantitative estimate of drug-likeness (QED) is 0.477. The van der Waals surface area contributed by atoms with E-state index in [0.717, 1.165) is 34.8 Å². The maximum absolute atomic E-state index is 12.9. The van der Waals surface area contributed by atoms with Gasteiger partial charge in [-0.1, -0.05) is 13.8 Å². The highest BCUT2D eigenvalue weighted by molar-refractivity contribution is 5.60. The van der Waals surface area contributed by atoms with Crippen molar-refractivity contribution in [1.82, 2.24) is 15.0 Å². The lowest BCUT2D eigenvalue weighted by molar-refractivity contribution is -0.137. The van der Waals surface area contributed by atoms with Crippen LogP contribution in [0, 0.1) is 13.8 Å². The normalized spacial score (nSPS) is 11.7. The molecule has 0 aliphatic heterocycles. The summed E-state index contributed by atoms with van der Waals surface area (Å²) < 4.78 is 38.6. The van der Waals surface area contributed by atoms with E-state index in [1.165, 1.54) is 12.1 Å². The van der Waals surface area contributed by atoms with Crippen LogP contribution in [0.1, 0.15) is 48.0 Å². The fourth-order valence-corrected chi connectivity index (χ4v) is 3.45. The number of likely N-dealkylation sites (N-methyl/N-ethyl adjacent to an activating group) is 1. The topological polar surface area (TPSA) is 80.0 Å². The van der Waals surface area contributed by atoms with E-state index in [-0.39, 0.29) is 5.92 Å². The Kier molecular flexibility index (Phi) is 7.09. The van der Waals surface area contributed by atoms with Crippen molar-refractivity contribution >= 4 is 23.0 Å². The lowest BCUT2D eigenvalue weighted by atomic mass is 10.1. The average Bonchev–Trinajstić information content (AvgIpc) is 2.73. The smallest absolute Gasteiger partial charge is 0.397 e. The van der Waals surface area contributed by atoms with Gasteiger partial charge in [0.15, 0.2) is 0 Å². The number of aromatic nitrogens is 3. The summed E-state index contributed by atoms with van der Waals surface area (Å²) in [5, 5.41) is 3.16. The Labute approximate surface area is 192 Å². The second-order valence-corrected chi connectivity index (χ2v) is 8.44. The fraction of sp³-hybridized carbons (Fsp3) is 0.375. The predicted octanol–water partition coefficient (Wildman–Crippen LogP) is 5.64. The van der Waals surface area contributed by atoms with E-state index in [1.54, 1.807) is 6.20 Å². The number of halogens is 3. The highest BCUT2D eigenvalue weighted by Crippen LogP contribution is 2.31. The number of nitrogen functional groups attached to an aromatic ring is 1. The molecule has 0 fully saturated rings. The van der Waals surface area contributed by atoms with Crippen molar-refractivity contribution in [3.05, 3.63) is 64.7 Å². The Morgan fingerprint density at radius 2 is 1.76 bits per heavy atom. The van der Waals surface area contributed by atoms with Gasteiger partial charge in [-0.2, -0.15) is 13.2 Å². The Bertz CT molecular complexity index is 1110. The molecule has 0 radical (unpaired) electrons. The van der Waals surface area contributed by atoms with Crippen LogP contribution in [-0.4, -0.2) is 28.5 Å². The maximum Gasteiger partial charge on any atom is 0.416 e. The van der Waals surface area contributed by atoms with Gasteiger partial charge in [0, 0.05) is 37.2 Å². The molecule has 0 amide bonds. The molecule has 0 atom stereocenters. The zero-order chi connectivity index (χ0) is 24.3. The molecule has 2 heterocycles. The van der Waals surface area contributed by atoms with Gasteiger partial charge in [0.25, 0.3) is 0 Å². The molecule has 176 valence electrons.